The average molecular weight is 174 g/mol. The van der Waals surface area contributed by atoms with E-state index >= 15 is 0 Å². The predicted molar refractivity (Wildman–Crippen MR) is 55.4 cm³/mol. The third kappa shape index (κ3) is 0.920. The van der Waals surface area contributed by atoms with E-state index in [0.29, 0.717) is 0 Å². The number of fused-ring (bicyclic) bond motifs is 4. The van der Waals surface area contributed by atoms with Crippen molar-refractivity contribution in [3.63, 3.8) is 0 Å². The fraction of sp³-hybridized carbons (Fsp3) is 0.692. The minimum atomic E-state index is 0.815. The van der Waals surface area contributed by atoms with Gasteiger partial charge in [-0.25, -0.2) is 0 Å². The summed E-state index contributed by atoms with van der Waals surface area (Å²) in [5.41, 5.74) is 5.22. The van der Waals surface area contributed by atoms with Crippen molar-refractivity contribution in [2.24, 2.45) is 17.8 Å². The van der Waals surface area contributed by atoms with Crippen LogP contribution in [0, 0.1) is 17.8 Å². The summed E-state index contributed by atoms with van der Waals surface area (Å²) >= 11 is 0. The molecule has 0 amide bonds. The van der Waals surface area contributed by atoms with Gasteiger partial charge in [0.05, 0.1) is 0 Å². The van der Waals surface area contributed by atoms with E-state index < -0.39 is 0 Å². The molecule has 3 rings (SSSR count). The highest BCUT2D eigenvalue weighted by atomic mass is 14.5. The highest BCUT2D eigenvalue weighted by Gasteiger charge is 2.43. The first kappa shape index (κ1) is 7.84. The zero-order valence-corrected chi connectivity index (χ0v) is 8.47. The predicted octanol–water partition coefficient (Wildman–Crippen LogP) is 3.70. The summed E-state index contributed by atoms with van der Waals surface area (Å²) in [5, 5.41) is 0. The minimum Gasteiger partial charge on any atom is -0.0992 e. The van der Waals surface area contributed by atoms with Gasteiger partial charge in [0.2, 0.25) is 0 Å². The Labute approximate surface area is 80.7 Å². The van der Waals surface area contributed by atoms with Crippen LogP contribution < -0.4 is 0 Å². The Morgan fingerprint density at radius 3 is 3.08 bits per heavy atom. The van der Waals surface area contributed by atoms with Gasteiger partial charge in [0.15, 0.2) is 0 Å². The summed E-state index contributed by atoms with van der Waals surface area (Å²) in [6.45, 7) is 6.65. The second-order valence-electron chi connectivity index (χ2n) is 5.12. The van der Waals surface area contributed by atoms with Gasteiger partial charge in [-0.3, -0.25) is 0 Å². The lowest BCUT2D eigenvalue weighted by atomic mass is 9.75. The maximum Gasteiger partial charge on any atom is 0.00157 e. The summed E-state index contributed by atoms with van der Waals surface area (Å²) in [7, 11) is 0. The summed E-state index contributed by atoms with van der Waals surface area (Å²) in [6.07, 6.45) is 7.02. The van der Waals surface area contributed by atoms with Crippen molar-refractivity contribution in [1.82, 2.24) is 0 Å². The summed E-state index contributed by atoms with van der Waals surface area (Å²) < 4.78 is 0. The number of rotatable bonds is 0. The topological polar surface area (TPSA) is 0 Å². The van der Waals surface area contributed by atoms with Crippen LogP contribution in [0.1, 0.15) is 39.0 Å². The molecule has 0 aromatic rings. The lowest BCUT2D eigenvalue weighted by molar-refractivity contribution is 0.492. The van der Waals surface area contributed by atoms with E-state index in [4.69, 9.17) is 0 Å². The van der Waals surface area contributed by atoms with Gasteiger partial charge in [0, 0.05) is 5.92 Å². The fourth-order valence-corrected chi connectivity index (χ4v) is 3.83. The smallest absolute Gasteiger partial charge is 0.00157 e. The van der Waals surface area contributed by atoms with Gasteiger partial charge in [-0.05, 0) is 43.9 Å². The molecule has 0 heteroatoms. The highest BCUT2D eigenvalue weighted by molar-refractivity contribution is 5.40. The molecule has 0 nitrogen and oxygen atoms in total. The summed E-state index contributed by atoms with van der Waals surface area (Å²) in [6, 6.07) is 0. The van der Waals surface area contributed by atoms with E-state index in [9.17, 15) is 0 Å². The quantitative estimate of drug-likeness (QED) is 0.491. The van der Waals surface area contributed by atoms with E-state index in [-0.39, 0.29) is 0 Å². The van der Waals surface area contributed by atoms with E-state index in [0.717, 1.165) is 17.8 Å². The number of hydrogen-bond donors (Lipinski definition) is 0. The van der Waals surface area contributed by atoms with Crippen molar-refractivity contribution in [3.8, 4) is 0 Å². The molecule has 0 aromatic carbocycles. The van der Waals surface area contributed by atoms with Crippen LogP contribution >= 0.6 is 0 Å². The molecular formula is C13H18. The largest absolute Gasteiger partial charge is 0.0992 e. The summed E-state index contributed by atoms with van der Waals surface area (Å²) in [4.78, 5) is 0. The molecule has 2 bridgehead atoms. The van der Waals surface area contributed by atoms with Crippen LogP contribution in [0.4, 0.5) is 0 Å². The van der Waals surface area contributed by atoms with E-state index in [1.54, 1.807) is 0 Å². The Kier molecular flexibility index (Phi) is 1.51. The number of allylic oxidation sites excluding steroid dienone is 3. The van der Waals surface area contributed by atoms with Gasteiger partial charge in [-0.1, -0.05) is 30.2 Å². The van der Waals surface area contributed by atoms with Crippen molar-refractivity contribution >= 4 is 0 Å². The molecule has 0 aromatic heterocycles. The van der Waals surface area contributed by atoms with Gasteiger partial charge in [0.1, 0.15) is 0 Å². The second-order valence-corrected chi connectivity index (χ2v) is 5.12. The van der Waals surface area contributed by atoms with Gasteiger partial charge in [-0.15, -0.1) is 0 Å². The lowest BCUT2D eigenvalue weighted by Crippen LogP contribution is -2.16. The molecule has 70 valence electrons. The number of hydrogen-bond acceptors (Lipinski definition) is 0. The monoisotopic (exact) mass is 174 g/mol. The maximum absolute atomic E-state index is 4.23. The molecule has 3 unspecified atom stereocenters. The molecule has 3 aliphatic rings. The summed E-state index contributed by atoms with van der Waals surface area (Å²) in [5.74, 6) is 2.61. The van der Waals surface area contributed by atoms with Gasteiger partial charge < -0.3 is 0 Å². The molecule has 0 radical (unpaired) electrons. The first-order chi connectivity index (χ1) is 6.27. The van der Waals surface area contributed by atoms with Crippen molar-refractivity contribution in [2.75, 3.05) is 0 Å². The Morgan fingerprint density at radius 1 is 1.38 bits per heavy atom. The van der Waals surface area contributed by atoms with Crippen LogP contribution in [0.2, 0.25) is 0 Å². The molecule has 0 N–H and O–H groups in total. The SMILES string of the molecule is C=C1CC2CC1C1=C2CCCC1C. The molecule has 0 saturated heterocycles. The van der Waals surface area contributed by atoms with Crippen LogP contribution in [-0.2, 0) is 0 Å². The fourth-order valence-electron chi connectivity index (χ4n) is 3.83. The Balaban J connectivity index is 2.06. The van der Waals surface area contributed by atoms with Gasteiger partial charge in [-0.2, -0.15) is 0 Å². The normalized spacial score (nSPS) is 42.8. The van der Waals surface area contributed by atoms with Gasteiger partial charge >= 0.3 is 0 Å². The highest BCUT2D eigenvalue weighted by Crippen LogP contribution is 2.56. The minimum absolute atomic E-state index is 0.815. The van der Waals surface area contributed by atoms with Crippen molar-refractivity contribution in [3.05, 3.63) is 23.3 Å². The zero-order valence-electron chi connectivity index (χ0n) is 8.47. The van der Waals surface area contributed by atoms with Crippen molar-refractivity contribution < 1.29 is 0 Å². The van der Waals surface area contributed by atoms with Gasteiger partial charge in [0.25, 0.3) is 0 Å². The molecule has 1 saturated carbocycles. The van der Waals surface area contributed by atoms with Crippen LogP contribution in [0.15, 0.2) is 23.3 Å². The Hall–Kier alpha value is -0.520. The standard InChI is InChI=1S/C13H18/c1-8-4-3-5-11-10-6-9(2)12(7-10)13(8)11/h8,10,12H,2-7H2,1H3. The third-order valence-electron chi connectivity index (χ3n) is 4.37. The molecule has 0 heterocycles. The van der Waals surface area contributed by atoms with Crippen LogP contribution in [0.3, 0.4) is 0 Å². The van der Waals surface area contributed by atoms with Crippen LogP contribution in [0.25, 0.3) is 0 Å². The maximum atomic E-state index is 4.23. The molecule has 3 aliphatic carbocycles. The third-order valence-corrected chi connectivity index (χ3v) is 4.37. The molecule has 1 fully saturated rings. The molecule has 0 aliphatic heterocycles. The van der Waals surface area contributed by atoms with Crippen molar-refractivity contribution in [1.29, 1.82) is 0 Å². The van der Waals surface area contributed by atoms with Crippen LogP contribution in [-0.4, -0.2) is 0 Å². The van der Waals surface area contributed by atoms with E-state index in [2.05, 4.69) is 13.5 Å². The molecule has 13 heavy (non-hydrogen) atoms. The molecule has 3 atom stereocenters. The molecular weight excluding hydrogens is 156 g/mol. The first-order valence-electron chi connectivity index (χ1n) is 5.68. The lowest BCUT2D eigenvalue weighted by Gasteiger charge is -2.30. The van der Waals surface area contributed by atoms with E-state index in [1.807, 2.05) is 11.1 Å². The second kappa shape index (κ2) is 2.50. The van der Waals surface area contributed by atoms with E-state index in [1.165, 1.54) is 37.7 Å². The zero-order chi connectivity index (χ0) is 9.00. The van der Waals surface area contributed by atoms with Crippen molar-refractivity contribution in [2.45, 2.75) is 39.0 Å². The first-order valence-corrected chi connectivity index (χ1v) is 5.68. The Bertz CT molecular complexity index is 295. The Morgan fingerprint density at radius 2 is 2.23 bits per heavy atom. The molecule has 0 spiro atoms. The van der Waals surface area contributed by atoms with Crippen LogP contribution in [0.5, 0.6) is 0 Å². The average Bonchev–Trinajstić information content (AvgIpc) is 2.62.